The number of aromatic hydroxyl groups is 1. The van der Waals surface area contributed by atoms with E-state index in [-0.39, 0.29) is 48.4 Å². The van der Waals surface area contributed by atoms with Gasteiger partial charge in [-0.1, -0.05) is 13.0 Å². The molecule has 1 aromatic rings. The topological polar surface area (TPSA) is 178 Å². The quantitative estimate of drug-likeness (QED) is 0.348. The fourth-order valence-corrected chi connectivity index (χ4v) is 6.27. The molecule has 1 fully saturated rings. The van der Waals surface area contributed by atoms with Gasteiger partial charge in [0.25, 0.3) is 5.91 Å². The van der Waals surface area contributed by atoms with Crippen LogP contribution in [0, 0.1) is 11.8 Å². The molecule has 0 aromatic heterocycles. The molecule has 1 aromatic carbocycles. The van der Waals surface area contributed by atoms with Crippen LogP contribution in [0.25, 0.3) is 5.76 Å². The number of primary amides is 1. The van der Waals surface area contributed by atoms with Crippen LogP contribution in [0.5, 0.6) is 5.75 Å². The number of carbonyl (C=O) groups is 4. The van der Waals surface area contributed by atoms with E-state index in [4.69, 9.17) is 5.73 Å². The standard InChI is InChI=1S/C27H32N2O8/c1-5-12-8-13(7-6-11(2)30)21(31)18-15(12)9-14-10-16-20(29(3)4)23(33)19(26(28)36)25(35)27(16,37)24(34)17(14)22(18)32/h8,14,16,20,31-32,35,37H,5-7,9-10H2,1-4H3,(H2,28,36)/t14-,16-,20?,27-/m0/s1. The lowest BCUT2D eigenvalue weighted by atomic mass is 9.57. The van der Waals surface area contributed by atoms with E-state index in [1.54, 1.807) is 20.2 Å². The Bertz CT molecular complexity index is 1310. The first-order valence-electron chi connectivity index (χ1n) is 12.3. The number of Topliss-reactive ketones (excluding diaryl/α,β-unsaturated/α-hetero) is 3. The third-order valence-electron chi connectivity index (χ3n) is 8.02. The number of aryl methyl sites for hydroxylation is 2. The molecule has 1 unspecified atom stereocenters. The molecule has 4 atom stereocenters. The van der Waals surface area contributed by atoms with Crippen LogP contribution in [0.4, 0.5) is 0 Å². The van der Waals surface area contributed by atoms with E-state index in [0.717, 1.165) is 5.56 Å². The lowest BCUT2D eigenvalue weighted by Crippen LogP contribution is -2.65. The van der Waals surface area contributed by atoms with Crippen molar-refractivity contribution in [2.75, 3.05) is 14.1 Å². The van der Waals surface area contributed by atoms with E-state index in [9.17, 15) is 39.6 Å². The van der Waals surface area contributed by atoms with Crippen molar-refractivity contribution in [3.8, 4) is 5.75 Å². The summed E-state index contributed by atoms with van der Waals surface area (Å²) in [6.45, 7) is 3.35. The third kappa shape index (κ3) is 3.77. The first-order chi connectivity index (χ1) is 17.3. The fourth-order valence-electron chi connectivity index (χ4n) is 6.27. The van der Waals surface area contributed by atoms with Gasteiger partial charge < -0.3 is 31.0 Å². The van der Waals surface area contributed by atoms with Crippen LogP contribution in [0.15, 0.2) is 23.0 Å². The fraction of sp³-hybridized carbons (Fsp3) is 0.481. The van der Waals surface area contributed by atoms with Crippen molar-refractivity contribution in [1.29, 1.82) is 0 Å². The Morgan fingerprint density at radius 2 is 1.81 bits per heavy atom. The van der Waals surface area contributed by atoms with Gasteiger partial charge in [0.2, 0.25) is 5.78 Å². The Morgan fingerprint density at radius 1 is 1.16 bits per heavy atom. The first-order valence-corrected chi connectivity index (χ1v) is 12.3. The zero-order valence-electron chi connectivity index (χ0n) is 21.3. The maximum Gasteiger partial charge on any atom is 0.255 e. The number of likely N-dealkylation sites (N-methyl/N-ethyl adjacent to an activating group) is 1. The maximum atomic E-state index is 13.9. The number of nitrogens with two attached hydrogens (primary N) is 1. The second-order valence-electron chi connectivity index (χ2n) is 10.4. The molecule has 0 aliphatic heterocycles. The Hall–Kier alpha value is -3.50. The SMILES string of the molecule is CCc1cc(CCC(C)=O)c(O)c2c1C[C@H]1C[C@H]3C(N(C)C)C(=O)C(C(N)=O)=C(O)[C@@]3(O)C(=O)C1=C2O. The van der Waals surface area contributed by atoms with Crippen molar-refractivity contribution in [2.45, 2.75) is 57.6 Å². The molecular formula is C27H32N2O8. The summed E-state index contributed by atoms with van der Waals surface area (Å²) < 4.78 is 0. The van der Waals surface area contributed by atoms with E-state index in [1.165, 1.54) is 11.8 Å². The molecular weight excluding hydrogens is 480 g/mol. The van der Waals surface area contributed by atoms with Gasteiger partial charge in [-0.3, -0.25) is 19.3 Å². The molecule has 0 heterocycles. The number of ketones is 3. The minimum atomic E-state index is -2.67. The first kappa shape index (κ1) is 26.6. The van der Waals surface area contributed by atoms with Crippen molar-refractivity contribution < 1.29 is 39.6 Å². The highest BCUT2D eigenvalue weighted by atomic mass is 16.3. The van der Waals surface area contributed by atoms with Crippen molar-refractivity contribution in [3.05, 3.63) is 45.2 Å². The monoisotopic (exact) mass is 512 g/mol. The second-order valence-corrected chi connectivity index (χ2v) is 10.4. The normalized spacial score (nSPS) is 27.2. The van der Waals surface area contributed by atoms with E-state index < -0.39 is 58.0 Å². The molecule has 1 saturated carbocycles. The number of phenolic OH excluding ortho intramolecular Hbond substituents is 1. The number of hydrogen-bond donors (Lipinski definition) is 5. The summed E-state index contributed by atoms with van der Waals surface area (Å²) in [6, 6.07) is 0.682. The second kappa shape index (κ2) is 9.11. The summed E-state index contributed by atoms with van der Waals surface area (Å²) in [5, 5.41) is 45.0. The minimum absolute atomic E-state index is 0.0434. The highest BCUT2D eigenvalue weighted by Gasteiger charge is 2.64. The lowest BCUT2D eigenvalue weighted by molar-refractivity contribution is -0.153. The molecule has 0 bridgehead atoms. The van der Waals surface area contributed by atoms with Gasteiger partial charge in [-0.15, -0.1) is 0 Å². The molecule has 3 aliphatic carbocycles. The highest BCUT2D eigenvalue weighted by Crippen LogP contribution is 2.53. The van der Waals surface area contributed by atoms with E-state index in [0.29, 0.717) is 17.5 Å². The van der Waals surface area contributed by atoms with Crippen LogP contribution in [0.1, 0.15) is 48.9 Å². The van der Waals surface area contributed by atoms with Gasteiger partial charge in [0.15, 0.2) is 11.4 Å². The summed E-state index contributed by atoms with van der Waals surface area (Å²) >= 11 is 0. The van der Waals surface area contributed by atoms with Crippen molar-refractivity contribution in [2.24, 2.45) is 17.6 Å². The summed E-state index contributed by atoms with van der Waals surface area (Å²) in [6.07, 6.45) is 1.28. The van der Waals surface area contributed by atoms with Crippen LogP contribution in [-0.4, -0.2) is 74.3 Å². The molecule has 3 aliphatic rings. The van der Waals surface area contributed by atoms with E-state index in [1.807, 2.05) is 6.92 Å². The average molecular weight is 513 g/mol. The number of rotatable bonds is 6. The largest absolute Gasteiger partial charge is 0.508 e. The molecule has 6 N–H and O–H groups in total. The lowest BCUT2D eigenvalue weighted by Gasteiger charge is -2.50. The number of aliphatic hydroxyl groups excluding tert-OH is 2. The number of carbonyl (C=O) groups excluding carboxylic acids is 4. The van der Waals surface area contributed by atoms with Gasteiger partial charge in [0.1, 0.15) is 28.6 Å². The van der Waals surface area contributed by atoms with Crippen LogP contribution in [-0.2, 0) is 38.4 Å². The van der Waals surface area contributed by atoms with E-state index in [2.05, 4.69) is 0 Å². The smallest absolute Gasteiger partial charge is 0.255 e. The number of nitrogens with zero attached hydrogens (tertiary/aromatic N) is 1. The zero-order valence-corrected chi connectivity index (χ0v) is 21.3. The highest BCUT2D eigenvalue weighted by molar-refractivity contribution is 6.24. The molecule has 1 amide bonds. The van der Waals surface area contributed by atoms with E-state index >= 15 is 0 Å². The summed E-state index contributed by atoms with van der Waals surface area (Å²) in [5.41, 5.74) is 3.65. The molecule has 4 rings (SSSR count). The summed E-state index contributed by atoms with van der Waals surface area (Å²) in [7, 11) is 3.12. The molecule has 37 heavy (non-hydrogen) atoms. The molecule has 198 valence electrons. The van der Waals surface area contributed by atoms with Crippen LogP contribution in [0.3, 0.4) is 0 Å². The molecule has 0 saturated heterocycles. The minimum Gasteiger partial charge on any atom is -0.508 e. The Kier molecular flexibility index (Phi) is 6.54. The van der Waals surface area contributed by atoms with Crippen molar-refractivity contribution >= 4 is 29.0 Å². The number of aliphatic hydroxyl groups is 3. The molecule has 0 radical (unpaired) electrons. The van der Waals surface area contributed by atoms with Crippen LogP contribution in [0.2, 0.25) is 0 Å². The third-order valence-corrected chi connectivity index (χ3v) is 8.02. The predicted molar refractivity (Wildman–Crippen MR) is 133 cm³/mol. The average Bonchev–Trinajstić information content (AvgIpc) is 2.80. The van der Waals surface area contributed by atoms with Crippen molar-refractivity contribution in [3.63, 3.8) is 0 Å². The Balaban J connectivity index is 1.95. The number of phenols is 1. The maximum absolute atomic E-state index is 13.9. The Morgan fingerprint density at radius 3 is 2.35 bits per heavy atom. The zero-order chi connectivity index (χ0) is 27.6. The molecule has 10 nitrogen and oxygen atoms in total. The van der Waals surface area contributed by atoms with Gasteiger partial charge in [-0.05, 0) is 69.3 Å². The van der Waals surface area contributed by atoms with Gasteiger partial charge in [-0.25, -0.2) is 0 Å². The molecule has 10 heteroatoms. The number of amides is 1. The van der Waals surface area contributed by atoms with Crippen molar-refractivity contribution in [1.82, 2.24) is 4.90 Å². The Labute approximate surface area is 214 Å². The summed E-state index contributed by atoms with van der Waals surface area (Å²) in [5.74, 6) is -6.78. The van der Waals surface area contributed by atoms with Crippen LogP contribution < -0.4 is 5.73 Å². The number of benzene rings is 1. The van der Waals surface area contributed by atoms with Gasteiger partial charge in [0, 0.05) is 17.9 Å². The van der Waals surface area contributed by atoms with Gasteiger partial charge in [0.05, 0.1) is 11.6 Å². The predicted octanol–water partition coefficient (Wildman–Crippen LogP) is 1.05. The summed E-state index contributed by atoms with van der Waals surface area (Å²) in [4.78, 5) is 52.1. The van der Waals surface area contributed by atoms with Crippen LogP contribution >= 0.6 is 0 Å². The van der Waals surface area contributed by atoms with Gasteiger partial charge >= 0.3 is 0 Å². The number of hydrogen-bond acceptors (Lipinski definition) is 9. The van der Waals surface area contributed by atoms with Gasteiger partial charge in [-0.2, -0.15) is 0 Å². The number of fused-ring (bicyclic) bond motifs is 3. The molecule has 0 spiro atoms.